The van der Waals surface area contributed by atoms with E-state index in [1.54, 1.807) is 42.3 Å². The lowest BCUT2D eigenvalue weighted by atomic mass is 9.90. The maximum Gasteiger partial charge on any atom is 0.328 e. The normalized spacial score (nSPS) is 14.5. The predicted molar refractivity (Wildman–Crippen MR) is 163 cm³/mol. The van der Waals surface area contributed by atoms with Crippen molar-refractivity contribution in [1.29, 1.82) is 0 Å². The van der Waals surface area contributed by atoms with Crippen molar-refractivity contribution in [2.24, 2.45) is 0 Å². The van der Waals surface area contributed by atoms with Crippen LogP contribution in [0.1, 0.15) is 52.9 Å². The molecule has 2 aromatic heterocycles. The Hall–Kier alpha value is -3.85. The van der Waals surface area contributed by atoms with Crippen LogP contribution in [0.15, 0.2) is 59.3 Å². The van der Waals surface area contributed by atoms with E-state index in [1.165, 1.54) is 28.9 Å². The molecule has 1 aliphatic heterocycles. The Labute approximate surface area is 256 Å². The number of aromatic nitrogens is 2. The van der Waals surface area contributed by atoms with Crippen molar-refractivity contribution >= 4 is 69.6 Å². The SMILES string of the molecule is C/C=C/C(=O)N1CCC(c2onc(-c3c(Cl)cc(Cl)cc3Cl)c2C(=O)n2cc(C)c3c(/C=C/C(=O)O)cccc32)CC1. The number of aliphatic carboxylic acids is 1. The van der Waals surface area contributed by atoms with Gasteiger partial charge in [-0.2, -0.15) is 0 Å². The lowest BCUT2D eigenvalue weighted by Gasteiger charge is -2.30. The molecule has 4 aromatic rings. The van der Waals surface area contributed by atoms with Crippen molar-refractivity contribution in [3.8, 4) is 11.3 Å². The number of likely N-dealkylation sites (tertiary alicyclic amines) is 1. The molecule has 216 valence electrons. The van der Waals surface area contributed by atoms with Crippen LogP contribution < -0.4 is 0 Å². The van der Waals surface area contributed by atoms with Crippen molar-refractivity contribution in [3.05, 3.63) is 92.3 Å². The number of allylic oxidation sites excluding steroid dienone is 1. The third-order valence-corrected chi connectivity index (χ3v) is 8.15. The summed E-state index contributed by atoms with van der Waals surface area (Å²) in [5.74, 6) is -1.35. The molecule has 1 fully saturated rings. The van der Waals surface area contributed by atoms with Gasteiger partial charge in [0.1, 0.15) is 11.3 Å². The number of carboxylic acids is 1. The minimum atomic E-state index is -1.07. The standard InChI is InChI=1S/C31H26Cl3N3O5/c1-3-5-24(38)36-12-10-19(11-13-36)30-28(29(35-42-30)27-21(33)14-20(32)15-22(27)34)31(41)37-16-17(2)26-18(8-9-25(39)40)6-4-7-23(26)37/h3-9,14-16,19H,10-13H2,1-2H3,(H,39,40)/b5-3+,9-8+. The molecule has 0 saturated carbocycles. The molecule has 3 heterocycles. The van der Waals surface area contributed by atoms with Gasteiger partial charge < -0.3 is 14.5 Å². The van der Waals surface area contributed by atoms with Crippen LogP contribution in [0.3, 0.4) is 0 Å². The van der Waals surface area contributed by atoms with E-state index in [9.17, 15) is 14.4 Å². The zero-order valence-corrected chi connectivity index (χ0v) is 25.0. The van der Waals surface area contributed by atoms with Crippen LogP contribution in [-0.4, -0.2) is 50.6 Å². The number of fused-ring (bicyclic) bond motifs is 1. The van der Waals surface area contributed by atoms with E-state index in [-0.39, 0.29) is 33.1 Å². The molecular formula is C31H26Cl3N3O5. The Morgan fingerprint density at radius 1 is 1.07 bits per heavy atom. The highest BCUT2D eigenvalue weighted by Crippen LogP contribution is 2.42. The zero-order chi connectivity index (χ0) is 30.1. The first-order valence-electron chi connectivity index (χ1n) is 13.2. The van der Waals surface area contributed by atoms with Gasteiger partial charge in [0, 0.05) is 47.3 Å². The number of carboxylic acid groups (broad SMARTS) is 1. The van der Waals surface area contributed by atoms with Crippen LogP contribution in [-0.2, 0) is 9.59 Å². The van der Waals surface area contributed by atoms with Gasteiger partial charge in [0.25, 0.3) is 5.91 Å². The number of aryl methyl sites for hydroxylation is 1. The number of halogens is 3. The van der Waals surface area contributed by atoms with E-state index >= 15 is 0 Å². The summed E-state index contributed by atoms with van der Waals surface area (Å²) >= 11 is 19.3. The average Bonchev–Trinajstić information content (AvgIpc) is 3.53. The summed E-state index contributed by atoms with van der Waals surface area (Å²) in [5.41, 5.74) is 2.75. The third-order valence-electron chi connectivity index (χ3n) is 7.34. The summed E-state index contributed by atoms with van der Waals surface area (Å²) in [6.07, 6.45) is 8.63. The molecule has 0 bridgehead atoms. The van der Waals surface area contributed by atoms with E-state index in [1.807, 2.05) is 6.92 Å². The number of hydrogen-bond donors (Lipinski definition) is 1. The van der Waals surface area contributed by atoms with E-state index in [0.717, 1.165) is 17.0 Å². The summed E-state index contributed by atoms with van der Waals surface area (Å²) in [5, 5.41) is 14.9. The zero-order valence-electron chi connectivity index (χ0n) is 22.7. The van der Waals surface area contributed by atoms with Crippen LogP contribution >= 0.6 is 34.8 Å². The molecule has 0 unspecified atom stereocenters. The number of carbonyl (C=O) groups excluding carboxylic acids is 2. The molecule has 0 spiro atoms. The second-order valence-corrected chi connectivity index (χ2v) is 11.3. The molecule has 1 amide bonds. The van der Waals surface area contributed by atoms with Crippen LogP contribution in [0.5, 0.6) is 0 Å². The van der Waals surface area contributed by atoms with E-state index in [4.69, 9.17) is 44.4 Å². The Morgan fingerprint density at radius 2 is 1.76 bits per heavy atom. The number of piperidine rings is 1. The van der Waals surface area contributed by atoms with Gasteiger partial charge in [-0.3, -0.25) is 14.2 Å². The summed E-state index contributed by atoms with van der Waals surface area (Å²) < 4.78 is 7.40. The fraction of sp³-hybridized carbons (Fsp3) is 0.226. The highest BCUT2D eigenvalue weighted by atomic mass is 35.5. The molecule has 1 N–H and O–H groups in total. The molecule has 11 heteroatoms. The second-order valence-electron chi connectivity index (χ2n) is 10.0. The number of hydrogen-bond acceptors (Lipinski definition) is 5. The van der Waals surface area contributed by atoms with Crippen LogP contribution in [0.2, 0.25) is 15.1 Å². The van der Waals surface area contributed by atoms with E-state index < -0.39 is 11.9 Å². The lowest BCUT2D eigenvalue weighted by molar-refractivity contribution is -0.131. The highest BCUT2D eigenvalue weighted by Gasteiger charge is 2.35. The molecule has 1 aliphatic rings. The minimum Gasteiger partial charge on any atom is -0.478 e. The summed E-state index contributed by atoms with van der Waals surface area (Å²) in [6, 6.07) is 8.38. The quantitative estimate of drug-likeness (QED) is 0.221. The molecule has 1 saturated heterocycles. The Kier molecular flexibility index (Phi) is 8.59. The average molecular weight is 627 g/mol. The first kappa shape index (κ1) is 29.6. The molecule has 0 radical (unpaired) electrons. The van der Waals surface area contributed by atoms with Crippen molar-refractivity contribution in [2.75, 3.05) is 13.1 Å². The van der Waals surface area contributed by atoms with Crippen molar-refractivity contribution in [1.82, 2.24) is 14.6 Å². The molecule has 0 atom stereocenters. The van der Waals surface area contributed by atoms with Crippen molar-refractivity contribution < 1.29 is 24.0 Å². The molecule has 2 aromatic carbocycles. The first-order chi connectivity index (χ1) is 20.1. The maximum absolute atomic E-state index is 14.5. The molecule has 42 heavy (non-hydrogen) atoms. The van der Waals surface area contributed by atoms with Gasteiger partial charge in [-0.1, -0.05) is 58.2 Å². The van der Waals surface area contributed by atoms with Gasteiger partial charge in [0.15, 0.2) is 5.76 Å². The monoisotopic (exact) mass is 625 g/mol. The van der Waals surface area contributed by atoms with Crippen LogP contribution in [0.25, 0.3) is 28.2 Å². The molecular weight excluding hydrogens is 601 g/mol. The minimum absolute atomic E-state index is 0.0627. The highest BCUT2D eigenvalue weighted by molar-refractivity contribution is 6.42. The largest absolute Gasteiger partial charge is 0.478 e. The number of rotatable bonds is 6. The molecule has 8 nitrogen and oxygen atoms in total. The Morgan fingerprint density at radius 3 is 2.40 bits per heavy atom. The summed E-state index contributed by atoms with van der Waals surface area (Å²) in [4.78, 5) is 39.8. The van der Waals surface area contributed by atoms with Crippen LogP contribution in [0.4, 0.5) is 0 Å². The van der Waals surface area contributed by atoms with Gasteiger partial charge in [-0.05, 0) is 68.2 Å². The second kappa shape index (κ2) is 12.2. The number of amides is 1. The fourth-order valence-corrected chi connectivity index (χ4v) is 6.44. The summed E-state index contributed by atoms with van der Waals surface area (Å²) in [7, 11) is 0. The van der Waals surface area contributed by atoms with Gasteiger partial charge in [0.2, 0.25) is 5.91 Å². The molecule has 5 rings (SSSR count). The van der Waals surface area contributed by atoms with Gasteiger partial charge >= 0.3 is 5.97 Å². The number of carbonyl (C=O) groups is 3. The van der Waals surface area contributed by atoms with E-state index in [0.29, 0.717) is 53.4 Å². The molecule has 0 aliphatic carbocycles. The predicted octanol–water partition coefficient (Wildman–Crippen LogP) is 7.63. The van der Waals surface area contributed by atoms with E-state index in [2.05, 4.69) is 5.16 Å². The topological polar surface area (TPSA) is 106 Å². The third kappa shape index (κ3) is 5.62. The Bertz CT molecular complexity index is 1750. The van der Waals surface area contributed by atoms with Crippen molar-refractivity contribution in [2.45, 2.75) is 32.6 Å². The van der Waals surface area contributed by atoms with Gasteiger partial charge in [-0.15, -0.1) is 0 Å². The summed E-state index contributed by atoms with van der Waals surface area (Å²) in [6.45, 7) is 4.63. The fourth-order valence-electron chi connectivity index (χ4n) is 5.44. The number of nitrogens with zero attached hydrogens (tertiary/aromatic N) is 3. The Balaban J connectivity index is 1.64. The number of benzene rings is 2. The van der Waals surface area contributed by atoms with Crippen molar-refractivity contribution in [3.63, 3.8) is 0 Å². The van der Waals surface area contributed by atoms with Gasteiger partial charge in [0.05, 0.1) is 15.6 Å². The lowest BCUT2D eigenvalue weighted by Crippen LogP contribution is -2.37. The van der Waals surface area contributed by atoms with Crippen LogP contribution in [0, 0.1) is 6.92 Å². The van der Waals surface area contributed by atoms with Gasteiger partial charge in [-0.25, -0.2) is 4.79 Å². The maximum atomic E-state index is 14.5. The smallest absolute Gasteiger partial charge is 0.328 e. The first-order valence-corrected chi connectivity index (χ1v) is 14.4.